The number of alkyl carbamates (subject to hydrolysis) is 3. The van der Waals surface area contributed by atoms with Crippen molar-refractivity contribution in [2.45, 2.75) is 96.5 Å². The van der Waals surface area contributed by atoms with E-state index in [2.05, 4.69) is 16.0 Å². The Bertz CT molecular complexity index is 535. The highest BCUT2D eigenvalue weighted by molar-refractivity contribution is 5.70. The summed E-state index contributed by atoms with van der Waals surface area (Å²) in [6, 6.07) is -1.96. The van der Waals surface area contributed by atoms with Gasteiger partial charge in [0.2, 0.25) is 0 Å². The second-order valence-electron chi connectivity index (χ2n) is 8.07. The maximum absolute atomic E-state index is 12.2. The van der Waals surface area contributed by atoms with Gasteiger partial charge in [-0.1, -0.05) is 0 Å². The number of ether oxygens (including phenoxy) is 3. The Balaban J connectivity index is 3.08. The second-order valence-corrected chi connectivity index (χ2v) is 8.07. The molecule has 11 heteroatoms. The fraction of sp³-hybridized carbons (Fsp3) is 0.833. The number of hydrogen-bond acceptors (Lipinski definition) is 8. The first-order valence-electron chi connectivity index (χ1n) is 9.83. The summed E-state index contributed by atoms with van der Waals surface area (Å²) in [5.41, 5.74) is 12.3. The summed E-state index contributed by atoms with van der Waals surface area (Å²) < 4.78 is 16.3. The molecule has 0 radical (unpaired) electrons. The first kappa shape index (κ1) is 24.8. The van der Waals surface area contributed by atoms with E-state index in [-0.39, 0.29) is 24.5 Å². The van der Waals surface area contributed by atoms with Crippen LogP contribution in [0.15, 0.2) is 0 Å². The minimum atomic E-state index is -1.18. The minimum Gasteiger partial charge on any atom is -0.440 e. The summed E-state index contributed by atoms with van der Waals surface area (Å²) >= 11 is 0. The molecule has 1 saturated carbocycles. The monoisotopic (exact) mass is 417 g/mol. The van der Waals surface area contributed by atoms with Gasteiger partial charge in [0.05, 0.1) is 0 Å². The molecule has 0 bridgehead atoms. The van der Waals surface area contributed by atoms with Gasteiger partial charge in [0.1, 0.15) is 0 Å². The van der Waals surface area contributed by atoms with Gasteiger partial charge in [-0.3, -0.25) is 0 Å². The van der Waals surface area contributed by atoms with Crippen molar-refractivity contribution in [1.82, 2.24) is 16.0 Å². The molecule has 0 heterocycles. The molecule has 0 saturated heterocycles. The van der Waals surface area contributed by atoms with Crippen molar-refractivity contribution in [3.8, 4) is 0 Å². The van der Waals surface area contributed by atoms with Crippen molar-refractivity contribution in [2.75, 3.05) is 0 Å². The smallest absolute Gasteiger partial charge is 0.407 e. The molecule has 4 atom stereocenters. The molecule has 0 aliphatic heterocycles. The van der Waals surface area contributed by atoms with E-state index in [4.69, 9.17) is 25.7 Å². The number of hydrogen-bond donors (Lipinski definition) is 5. The number of amides is 3. The molecular formula is C18H35N5O6. The van der Waals surface area contributed by atoms with Gasteiger partial charge >= 0.3 is 18.3 Å². The van der Waals surface area contributed by atoms with Crippen LogP contribution in [-0.2, 0) is 14.2 Å². The van der Waals surface area contributed by atoms with Gasteiger partial charge < -0.3 is 41.6 Å². The van der Waals surface area contributed by atoms with E-state index in [0.29, 0.717) is 0 Å². The molecule has 1 aliphatic carbocycles. The van der Waals surface area contributed by atoms with Crippen LogP contribution < -0.4 is 27.4 Å². The Morgan fingerprint density at radius 2 is 0.931 bits per heavy atom. The fourth-order valence-electron chi connectivity index (χ4n) is 2.88. The Kier molecular flexibility index (Phi) is 9.44. The predicted octanol–water partition coefficient (Wildman–Crippen LogP) is 0.554. The van der Waals surface area contributed by atoms with E-state index in [1.165, 1.54) is 0 Å². The molecule has 4 unspecified atom stereocenters. The van der Waals surface area contributed by atoms with E-state index in [1.54, 1.807) is 41.5 Å². The fourth-order valence-corrected chi connectivity index (χ4v) is 2.88. The molecule has 29 heavy (non-hydrogen) atoms. The molecule has 11 nitrogen and oxygen atoms in total. The first-order chi connectivity index (χ1) is 13.4. The van der Waals surface area contributed by atoms with Gasteiger partial charge in [0.15, 0.2) is 18.3 Å². The predicted molar refractivity (Wildman–Crippen MR) is 106 cm³/mol. The number of carbonyl (C=O) groups is 3. The van der Waals surface area contributed by atoms with Gasteiger partial charge in [-0.25, -0.2) is 14.4 Å². The SMILES string of the molecule is CC(C)NC(=O)OC1C(N)CC(N)C(OC(=O)NC(C)C)C1OC(=O)NC(C)C. The highest BCUT2D eigenvalue weighted by Gasteiger charge is 2.49. The number of nitrogens with two attached hydrogens (primary N) is 2. The van der Waals surface area contributed by atoms with Crippen molar-refractivity contribution in [2.24, 2.45) is 11.5 Å². The summed E-state index contributed by atoms with van der Waals surface area (Å²) in [6.07, 6.45) is -5.29. The van der Waals surface area contributed by atoms with Crippen molar-refractivity contribution in [1.29, 1.82) is 0 Å². The summed E-state index contributed by atoms with van der Waals surface area (Å²) in [7, 11) is 0. The summed E-state index contributed by atoms with van der Waals surface area (Å²) in [6.45, 7) is 10.6. The van der Waals surface area contributed by atoms with E-state index in [9.17, 15) is 14.4 Å². The van der Waals surface area contributed by atoms with Crippen LogP contribution in [0.1, 0.15) is 48.0 Å². The lowest BCUT2D eigenvalue weighted by Crippen LogP contribution is -2.65. The first-order valence-corrected chi connectivity index (χ1v) is 9.83. The Morgan fingerprint density at radius 3 is 1.21 bits per heavy atom. The number of nitrogens with one attached hydrogen (secondary N) is 3. The zero-order valence-corrected chi connectivity index (χ0v) is 17.9. The lowest BCUT2D eigenvalue weighted by Gasteiger charge is -2.42. The Labute approximate surface area is 171 Å². The standard InChI is InChI=1S/C18H35N5O6/c1-8(2)21-16(24)27-13-11(19)7-12(20)14(28-17(25)22-9(3)4)15(13)29-18(26)23-10(5)6/h8-15H,7,19-20H2,1-6H3,(H,21,24)(H,22,25)(H,23,26). The highest BCUT2D eigenvalue weighted by atomic mass is 16.6. The quantitative estimate of drug-likeness (QED) is 0.391. The second kappa shape index (κ2) is 11.1. The molecule has 0 aromatic heterocycles. The maximum Gasteiger partial charge on any atom is 0.407 e. The van der Waals surface area contributed by atoms with Gasteiger partial charge in [-0.05, 0) is 48.0 Å². The molecule has 1 rings (SSSR count). The van der Waals surface area contributed by atoms with Gasteiger partial charge in [0, 0.05) is 30.2 Å². The van der Waals surface area contributed by atoms with Crippen LogP contribution >= 0.6 is 0 Å². The van der Waals surface area contributed by atoms with Crippen LogP contribution in [-0.4, -0.2) is 66.8 Å². The van der Waals surface area contributed by atoms with Crippen molar-refractivity contribution in [3.63, 3.8) is 0 Å². The molecule has 3 amide bonds. The largest absolute Gasteiger partial charge is 0.440 e. The molecule has 0 aromatic rings. The van der Waals surface area contributed by atoms with Crippen LogP contribution in [0.5, 0.6) is 0 Å². The van der Waals surface area contributed by atoms with Crippen molar-refractivity contribution >= 4 is 18.3 Å². The van der Waals surface area contributed by atoms with Crippen molar-refractivity contribution in [3.05, 3.63) is 0 Å². The zero-order chi connectivity index (χ0) is 22.3. The lowest BCUT2D eigenvalue weighted by atomic mass is 9.84. The Morgan fingerprint density at radius 1 is 0.655 bits per heavy atom. The third kappa shape index (κ3) is 8.32. The maximum atomic E-state index is 12.2. The van der Waals surface area contributed by atoms with E-state index in [0.717, 1.165) is 0 Å². The van der Waals surface area contributed by atoms with Crippen LogP contribution in [0.3, 0.4) is 0 Å². The van der Waals surface area contributed by atoms with E-state index < -0.39 is 48.7 Å². The molecule has 0 aromatic carbocycles. The van der Waals surface area contributed by atoms with Crippen LogP contribution in [0.25, 0.3) is 0 Å². The summed E-state index contributed by atoms with van der Waals surface area (Å²) in [5, 5.41) is 7.75. The summed E-state index contributed by atoms with van der Waals surface area (Å²) in [5.74, 6) is 0. The summed E-state index contributed by atoms with van der Waals surface area (Å²) in [4.78, 5) is 36.5. The van der Waals surface area contributed by atoms with Crippen LogP contribution in [0.4, 0.5) is 14.4 Å². The number of rotatable bonds is 6. The molecular weight excluding hydrogens is 382 g/mol. The zero-order valence-electron chi connectivity index (χ0n) is 17.9. The highest BCUT2D eigenvalue weighted by Crippen LogP contribution is 2.26. The Hall–Kier alpha value is -2.27. The minimum absolute atomic E-state index is 0.169. The van der Waals surface area contributed by atoms with Gasteiger partial charge in [-0.15, -0.1) is 0 Å². The topological polar surface area (TPSA) is 167 Å². The normalized spacial score (nSPS) is 26.8. The third-order valence-corrected chi connectivity index (χ3v) is 3.98. The third-order valence-electron chi connectivity index (χ3n) is 3.98. The van der Waals surface area contributed by atoms with Crippen molar-refractivity contribution < 1.29 is 28.6 Å². The van der Waals surface area contributed by atoms with Crippen LogP contribution in [0.2, 0.25) is 0 Å². The average molecular weight is 418 g/mol. The molecule has 168 valence electrons. The molecule has 1 fully saturated rings. The van der Waals surface area contributed by atoms with Gasteiger partial charge in [0.25, 0.3) is 0 Å². The average Bonchev–Trinajstić information content (AvgIpc) is 2.52. The van der Waals surface area contributed by atoms with E-state index >= 15 is 0 Å². The molecule has 7 N–H and O–H groups in total. The van der Waals surface area contributed by atoms with Gasteiger partial charge in [-0.2, -0.15) is 0 Å². The number of carbonyl (C=O) groups excluding carboxylic acids is 3. The van der Waals surface area contributed by atoms with Crippen LogP contribution in [0, 0.1) is 0 Å². The van der Waals surface area contributed by atoms with E-state index in [1.807, 2.05) is 0 Å². The molecule has 1 aliphatic rings. The lowest BCUT2D eigenvalue weighted by molar-refractivity contribution is -0.109. The molecule has 0 spiro atoms.